The lowest BCUT2D eigenvalue weighted by molar-refractivity contribution is -0.124. The van der Waals surface area contributed by atoms with Crippen LogP contribution in [-0.4, -0.2) is 17.1 Å². The van der Waals surface area contributed by atoms with Crippen molar-refractivity contribution in [3.8, 4) is 0 Å². The van der Waals surface area contributed by atoms with Crippen LogP contribution in [0, 0.1) is 0 Å². The zero-order valence-electron chi connectivity index (χ0n) is 8.40. The number of hydrogen-bond acceptors (Lipinski definition) is 4. The van der Waals surface area contributed by atoms with Gasteiger partial charge in [-0.15, -0.1) is 11.8 Å². The fraction of sp³-hybridized carbons (Fsp3) is 0.200. The molecule has 84 valence electrons. The SMILES string of the molecule is NNC(=O)C[C@H]1Sc2ccccc2NC1=O. The van der Waals surface area contributed by atoms with Crippen molar-refractivity contribution in [3.63, 3.8) is 0 Å². The molecule has 1 atom stereocenters. The van der Waals surface area contributed by atoms with Gasteiger partial charge in [0.2, 0.25) is 11.8 Å². The van der Waals surface area contributed by atoms with Gasteiger partial charge in [0.1, 0.15) is 0 Å². The highest BCUT2D eigenvalue weighted by molar-refractivity contribution is 8.01. The van der Waals surface area contributed by atoms with Crippen molar-refractivity contribution < 1.29 is 9.59 Å². The third kappa shape index (κ3) is 2.17. The number of para-hydroxylation sites is 1. The van der Waals surface area contributed by atoms with Crippen molar-refractivity contribution in [2.24, 2.45) is 5.84 Å². The first-order valence-electron chi connectivity index (χ1n) is 4.76. The smallest absolute Gasteiger partial charge is 0.238 e. The van der Waals surface area contributed by atoms with Crippen LogP contribution in [0.25, 0.3) is 0 Å². The molecule has 1 aliphatic heterocycles. The number of nitrogens with two attached hydrogens (primary N) is 1. The molecule has 1 heterocycles. The summed E-state index contributed by atoms with van der Waals surface area (Å²) in [5.74, 6) is 4.49. The molecule has 0 saturated carbocycles. The molecule has 1 aliphatic rings. The molecule has 6 heteroatoms. The maximum absolute atomic E-state index is 11.7. The Labute approximate surface area is 96.7 Å². The molecule has 1 aromatic carbocycles. The van der Waals surface area contributed by atoms with E-state index in [4.69, 9.17) is 5.84 Å². The first-order chi connectivity index (χ1) is 7.70. The van der Waals surface area contributed by atoms with Gasteiger partial charge in [-0.05, 0) is 12.1 Å². The predicted molar refractivity (Wildman–Crippen MR) is 61.7 cm³/mol. The molecule has 2 rings (SSSR count). The van der Waals surface area contributed by atoms with Crippen molar-refractivity contribution in [3.05, 3.63) is 24.3 Å². The molecule has 0 unspecified atom stereocenters. The Balaban J connectivity index is 2.15. The van der Waals surface area contributed by atoms with E-state index in [0.717, 1.165) is 10.6 Å². The van der Waals surface area contributed by atoms with Gasteiger partial charge in [0.05, 0.1) is 10.9 Å². The zero-order chi connectivity index (χ0) is 11.5. The Morgan fingerprint density at radius 2 is 2.25 bits per heavy atom. The summed E-state index contributed by atoms with van der Waals surface area (Å²) < 4.78 is 0. The van der Waals surface area contributed by atoms with Gasteiger partial charge < -0.3 is 5.32 Å². The molecule has 2 amide bonds. The molecule has 0 radical (unpaired) electrons. The number of fused-ring (bicyclic) bond motifs is 1. The molecule has 0 fully saturated rings. The largest absolute Gasteiger partial charge is 0.324 e. The van der Waals surface area contributed by atoms with Crippen LogP contribution < -0.4 is 16.6 Å². The minimum atomic E-state index is -0.418. The summed E-state index contributed by atoms with van der Waals surface area (Å²) in [6.07, 6.45) is 0.0847. The number of thioether (sulfide) groups is 1. The van der Waals surface area contributed by atoms with E-state index in [0.29, 0.717) is 0 Å². The maximum atomic E-state index is 11.7. The number of anilines is 1. The predicted octanol–water partition coefficient (Wildman–Crippen LogP) is 0.479. The van der Waals surface area contributed by atoms with Crippen LogP contribution in [0.15, 0.2) is 29.2 Å². The third-order valence-electron chi connectivity index (χ3n) is 2.24. The van der Waals surface area contributed by atoms with E-state index in [-0.39, 0.29) is 18.2 Å². The van der Waals surface area contributed by atoms with Gasteiger partial charge in [0.15, 0.2) is 0 Å². The molecule has 0 aliphatic carbocycles. The quantitative estimate of drug-likeness (QED) is 0.397. The fourth-order valence-electron chi connectivity index (χ4n) is 1.45. The molecular weight excluding hydrogens is 226 g/mol. The highest BCUT2D eigenvalue weighted by Gasteiger charge is 2.28. The van der Waals surface area contributed by atoms with E-state index < -0.39 is 5.25 Å². The van der Waals surface area contributed by atoms with E-state index in [9.17, 15) is 9.59 Å². The van der Waals surface area contributed by atoms with Gasteiger partial charge in [-0.2, -0.15) is 0 Å². The van der Waals surface area contributed by atoms with Gasteiger partial charge in [-0.25, -0.2) is 5.84 Å². The van der Waals surface area contributed by atoms with Crippen LogP contribution in [0.4, 0.5) is 5.69 Å². The van der Waals surface area contributed by atoms with E-state index in [1.807, 2.05) is 29.7 Å². The first kappa shape index (κ1) is 11.0. The van der Waals surface area contributed by atoms with E-state index in [1.54, 1.807) is 0 Å². The van der Waals surface area contributed by atoms with Gasteiger partial charge >= 0.3 is 0 Å². The summed E-state index contributed by atoms with van der Waals surface area (Å²) in [7, 11) is 0. The minimum absolute atomic E-state index is 0.0847. The second-order valence-electron chi connectivity index (χ2n) is 3.36. The van der Waals surface area contributed by atoms with Gasteiger partial charge in [-0.3, -0.25) is 15.0 Å². The maximum Gasteiger partial charge on any atom is 0.238 e. The Morgan fingerprint density at radius 3 is 3.00 bits per heavy atom. The standard InChI is InChI=1S/C10H11N3O2S/c11-13-9(14)5-8-10(15)12-6-3-1-2-4-7(6)16-8/h1-4,8H,5,11H2,(H,12,15)(H,13,14)/t8-/m1/s1. The van der Waals surface area contributed by atoms with Crippen molar-refractivity contribution in [1.29, 1.82) is 0 Å². The lowest BCUT2D eigenvalue weighted by Crippen LogP contribution is -2.37. The molecule has 1 aromatic rings. The lowest BCUT2D eigenvalue weighted by atomic mass is 10.2. The van der Waals surface area contributed by atoms with Gasteiger partial charge in [-0.1, -0.05) is 12.1 Å². The number of rotatable bonds is 2. The van der Waals surface area contributed by atoms with Crippen molar-refractivity contribution >= 4 is 29.3 Å². The number of hydrazine groups is 1. The van der Waals surface area contributed by atoms with Crippen LogP contribution in [-0.2, 0) is 9.59 Å². The van der Waals surface area contributed by atoms with Crippen molar-refractivity contribution in [2.45, 2.75) is 16.6 Å². The molecule has 0 saturated heterocycles. The molecule has 0 aromatic heterocycles. The Hall–Kier alpha value is -1.53. The fourth-order valence-corrected chi connectivity index (χ4v) is 2.56. The average molecular weight is 237 g/mol. The Kier molecular flexibility index (Phi) is 3.12. The second kappa shape index (κ2) is 4.54. The van der Waals surface area contributed by atoms with Crippen LogP contribution >= 0.6 is 11.8 Å². The molecule has 4 N–H and O–H groups in total. The lowest BCUT2D eigenvalue weighted by Gasteiger charge is -2.23. The monoisotopic (exact) mass is 237 g/mol. The summed E-state index contributed by atoms with van der Waals surface area (Å²) in [4.78, 5) is 23.7. The highest BCUT2D eigenvalue weighted by atomic mass is 32.2. The Bertz CT molecular complexity index is 436. The number of hydrogen-bond donors (Lipinski definition) is 3. The van der Waals surface area contributed by atoms with Crippen LogP contribution in [0.1, 0.15) is 6.42 Å². The number of carbonyl (C=O) groups excluding carboxylic acids is 2. The topological polar surface area (TPSA) is 84.2 Å². The van der Waals surface area contributed by atoms with E-state index in [1.165, 1.54) is 11.8 Å². The molecular formula is C10H11N3O2S. The third-order valence-corrected chi connectivity index (χ3v) is 3.51. The summed E-state index contributed by atoms with van der Waals surface area (Å²) in [5.41, 5.74) is 2.82. The van der Waals surface area contributed by atoms with Crippen molar-refractivity contribution in [2.75, 3.05) is 5.32 Å². The minimum Gasteiger partial charge on any atom is -0.324 e. The van der Waals surface area contributed by atoms with Crippen LogP contribution in [0.5, 0.6) is 0 Å². The Morgan fingerprint density at radius 1 is 1.50 bits per heavy atom. The summed E-state index contributed by atoms with van der Waals surface area (Å²) in [6.45, 7) is 0. The number of carbonyl (C=O) groups is 2. The summed E-state index contributed by atoms with van der Waals surface area (Å²) >= 11 is 1.38. The van der Waals surface area contributed by atoms with Gasteiger partial charge in [0, 0.05) is 11.3 Å². The summed E-state index contributed by atoms with van der Waals surface area (Å²) in [5, 5.41) is 2.34. The number of amides is 2. The van der Waals surface area contributed by atoms with E-state index >= 15 is 0 Å². The number of nitrogens with one attached hydrogen (secondary N) is 2. The first-order valence-corrected chi connectivity index (χ1v) is 5.64. The molecule has 0 spiro atoms. The van der Waals surface area contributed by atoms with Crippen LogP contribution in [0.3, 0.4) is 0 Å². The highest BCUT2D eigenvalue weighted by Crippen LogP contribution is 2.36. The summed E-state index contributed by atoms with van der Waals surface area (Å²) in [6, 6.07) is 7.49. The number of benzene rings is 1. The molecule has 5 nitrogen and oxygen atoms in total. The van der Waals surface area contributed by atoms with Gasteiger partial charge in [0.25, 0.3) is 0 Å². The average Bonchev–Trinajstić information content (AvgIpc) is 2.30. The van der Waals surface area contributed by atoms with Crippen LogP contribution in [0.2, 0.25) is 0 Å². The zero-order valence-corrected chi connectivity index (χ0v) is 9.21. The molecule has 0 bridgehead atoms. The normalized spacial score (nSPS) is 18.6. The molecule has 16 heavy (non-hydrogen) atoms. The van der Waals surface area contributed by atoms with Crippen molar-refractivity contribution in [1.82, 2.24) is 5.43 Å². The van der Waals surface area contributed by atoms with E-state index in [2.05, 4.69) is 5.32 Å². The second-order valence-corrected chi connectivity index (χ2v) is 4.61.